The lowest BCUT2D eigenvalue weighted by atomic mass is 9.91. The van der Waals surface area contributed by atoms with Gasteiger partial charge >= 0.3 is 23.9 Å². The predicted octanol–water partition coefficient (Wildman–Crippen LogP) is 1.95. The molecule has 204 valence electrons. The lowest BCUT2D eigenvalue weighted by molar-refractivity contribution is -0.169. The fourth-order valence-corrected chi connectivity index (χ4v) is 4.62. The average molecular weight is 527 g/mol. The Balaban J connectivity index is 0.000000211. The normalized spacial score (nSPS) is 22.4. The van der Waals surface area contributed by atoms with Crippen LogP contribution in [0.4, 0.5) is 0 Å². The molecule has 2 aliphatic rings. The topological polar surface area (TPSA) is 112 Å². The first-order valence-corrected chi connectivity index (χ1v) is 12.2. The lowest BCUT2D eigenvalue weighted by Crippen LogP contribution is -2.62. The Kier molecular flexibility index (Phi) is 10.4. The Morgan fingerprint density at radius 2 is 0.816 bits per heavy atom. The first kappa shape index (κ1) is 28.8. The first-order valence-electron chi connectivity index (χ1n) is 12.2. The highest BCUT2D eigenvalue weighted by Gasteiger charge is 2.48. The Morgan fingerprint density at radius 3 is 1.05 bits per heavy atom. The van der Waals surface area contributed by atoms with Crippen molar-refractivity contribution in [1.29, 1.82) is 0 Å². The van der Waals surface area contributed by atoms with Crippen molar-refractivity contribution >= 4 is 23.9 Å². The minimum atomic E-state index is -0.366. The SMILES string of the molecule is COC(=O)[C@@H]1C[C@@H](C(=O)OC)N1Cc1ccccc1.COC(=O)[C@H]1C[C@H](C(=O)OC)N1Cc1ccccc1. The molecule has 0 spiro atoms. The average Bonchev–Trinajstić information content (AvgIpc) is 2.94. The molecule has 0 aliphatic carbocycles. The van der Waals surface area contributed by atoms with E-state index in [0.29, 0.717) is 25.9 Å². The van der Waals surface area contributed by atoms with E-state index in [4.69, 9.17) is 18.9 Å². The van der Waals surface area contributed by atoms with Crippen molar-refractivity contribution in [2.45, 2.75) is 50.1 Å². The van der Waals surface area contributed by atoms with Crippen LogP contribution in [0.2, 0.25) is 0 Å². The third kappa shape index (κ3) is 6.76. The number of benzene rings is 2. The molecule has 2 fully saturated rings. The fourth-order valence-electron chi connectivity index (χ4n) is 4.62. The number of rotatable bonds is 8. The zero-order valence-corrected chi connectivity index (χ0v) is 22.1. The molecule has 0 N–H and O–H groups in total. The van der Waals surface area contributed by atoms with E-state index < -0.39 is 0 Å². The molecule has 2 aromatic rings. The van der Waals surface area contributed by atoms with Gasteiger partial charge < -0.3 is 18.9 Å². The van der Waals surface area contributed by atoms with E-state index in [1.807, 2.05) is 70.5 Å². The van der Waals surface area contributed by atoms with Gasteiger partial charge in [-0.3, -0.25) is 29.0 Å². The van der Waals surface area contributed by atoms with E-state index >= 15 is 0 Å². The quantitative estimate of drug-likeness (QED) is 0.374. The maximum absolute atomic E-state index is 11.6. The minimum Gasteiger partial charge on any atom is -0.468 e. The molecule has 2 aliphatic heterocycles. The van der Waals surface area contributed by atoms with Crippen LogP contribution >= 0.6 is 0 Å². The van der Waals surface area contributed by atoms with Crippen LogP contribution in [-0.2, 0) is 51.2 Å². The minimum absolute atomic E-state index is 0.309. The molecule has 38 heavy (non-hydrogen) atoms. The van der Waals surface area contributed by atoms with E-state index in [2.05, 4.69) is 0 Å². The van der Waals surface area contributed by atoms with Crippen molar-refractivity contribution in [1.82, 2.24) is 9.80 Å². The molecule has 4 rings (SSSR count). The van der Waals surface area contributed by atoms with Crippen molar-refractivity contribution in [3.05, 3.63) is 71.8 Å². The monoisotopic (exact) mass is 526 g/mol. The van der Waals surface area contributed by atoms with Crippen LogP contribution in [-0.4, -0.2) is 86.3 Å². The van der Waals surface area contributed by atoms with Crippen molar-refractivity contribution < 1.29 is 38.1 Å². The van der Waals surface area contributed by atoms with E-state index in [9.17, 15) is 19.2 Å². The van der Waals surface area contributed by atoms with Gasteiger partial charge in [0, 0.05) is 13.1 Å². The number of hydrogen-bond donors (Lipinski definition) is 0. The van der Waals surface area contributed by atoms with Crippen molar-refractivity contribution in [2.75, 3.05) is 28.4 Å². The summed E-state index contributed by atoms with van der Waals surface area (Å²) in [4.78, 5) is 50.2. The molecular formula is C28H34N2O8. The van der Waals surface area contributed by atoms with Crippen LogP contribution in [0, 0.1) is 0 Å². The second-order valence-corrected chi connectivity index (χ2v) is 8.94. The molecule has 0 radical (unpaired) electrons. The van der Waals surface area contributed by atoms with Crippen molar-refractivity contribution in [2.24, 2.45) is 0 Å². The molecule has 0 bridgehead atoms. The highest BCUT2D eigenvalue weighted by Crippen LogP contribution is 2.30. The first-order chi connectivity index (χ1) is 18.3. The van der Waals surface area contributed by atoms with Gasteiger partial charge in [0.05, 0.1) is 28.4 Å². The Morgan fingerprint density at radius 1 is 0.553 bits per heavy atom. The summed E-state index contributed by atoms with van der Waals surface area (Å²) < 4.78 is 19.0. The standard InChI is InChI=1S/2C14H17NO4/c2*1-18-13(16)11-8-12(14(17)19-2)15(11)9-10-6-4-3-5-7-10/h2*3-7,11-12H,8-9H2,1-2H3/t2*11-,12-/m10/s1. The van der Waals surface area contributed by atoms with Crippen LogP contribution in [0.1, 0.15) is 24.0 Å². The van der Waals surface area contributed by atoms with Gasteiger partial charge in [0.2, 0.25) is 0 Å². The Bertz CT molecular complexity index is 963. The molecule has 2 saturated heterocycles. The third-order valence-electron chi connectivity index (χ3n) is 6.80. The highest BCUT2D eigenvalue weighted by molar-refractivity contribution is 5.84. The van der Waals surface area contributed by atoms with Crippen molar-refractivity contribution in [3.63, 3.8) is 0 Å². The van der Waals surface area contributed by atoms with Crippen LogP contribution in [0.3, 0.4) is 0 Å². The second kappa shape index (κ2) is 13.7. The highest BCUT2D eigenvalue weighted by atomic mass is 16.5. The number of carbonyl (C=O) groups excluding carboxylic acids is 4. The number of hydrogen-bond acceptors (Lipinski definition) is 10. The van der Waals surface area contributed by atoms with Gasteiger partial charge in [-0.05, 0) is 24.0 Å². The van der Waals surface area contributed by atoms with Gasteiger partial charge in [0.15, 0.2) is 0 Å². The fraction of sp³-hybridized carbons (Fsp3) is 0.429. The maximum Gasteiger partial charge on any atom is 0.323 e. The summed E-state index contributed by atoms with van der Waals surface area (Å²) in [5, 5.41) is 0. The van der Waals surface area contributed by atoms with E-state index in [1.165, 1.54) is 28.4 Å². The van der Waals surface area contributed by atoms with Crippen LogP contribution in [0.25, 0.3) is 0 Å². The van der Waals surface area contributed by atoms with Crippen molar-refractivity contribution in [3.8, 4) is 0 Å². The molecule has 0 amide bonds. The lowest BCUT2D eigenvalue weighted by Gasteiger charge is -2.44. The van der Waals surface area contributed by atoms with Gasteiger partial charge in [-0.25, -0.2) is 0 Å². The predicted molar refractivity (Wildman–Crippen MR) is 136 cm³/mol. The maximum atomic E-state index is 11.6. The zero-order chi connectivity index (χ0) is 27.7. The van der Waals surface area contributed by atoms with Gasteiger partial charge in [-0.2, -0.15) is 0 Å². The van der Waals surface area contributed by atoms with Crippen LogP contribution in [0.15, 0.2) is 60.7 Å². The molecule has 2 aromatic carbocycles. The number of ether oxygens (including phenoxy) is 4. The molecule has 2 heterocycles. The summed E-state index contributed by atoms with van der Waals surface area (Å²) in [5.74, 6) is -1.24. The summed E-state index contributed by atoms with van der Waals surface area (Å²) >= 11 is 0. The number of methoxy groups -OCH3 is 4. The van der Waals surface area contributed by atoms with Gasteiger partial charge in [-0.15, -0.1) is 0 Å². The second-order valence-electron chi connectivity index (χ2n) is 8.94. The van der Waals surface area contributed by atoms with Gasteiger partial charge in [0.25, 0.3) is 0 Å². The summed E-state index contributed by atoms with van der Waals surface area (Å²) in [6, 6.07) is 17.9. The number of esters is 4. The molecule has 0 aromatic heterocycles. The number of likely N-dealkylation sites (tertiary alicyclic amines) is 2. The summed E-state index contributed by atoms with van der Waals surface area (Å²) in [6.45, 7) is 1.06. The molecule has 10 nitrogen and oxygen atoms in total. The van der Waals surface area contributed by atoms with Gasteiger partial charge in [0.1, 0.15) is 24.2 Å². The molecular weight excluding hydrogens is 492 g/mol. The molecule has 10 heteroatoms. The molecule has 4 atom stereocenters. The Labute approximate surface area is 222 Å². The zero-order valence-electron chi connectivity index (χ0n) is 22.1. The van der Waals surface area contributed by atoms with Gasteiger partial charge in [-0.1, -0.05) is 60.7 Å². The smallest absolute Gasteiger partial charge is 0.323 e. The molecule has 0 saturated carbocycles. The third-order valence-corrected chi connectivity index (χ3v) is 6.80. The number of carbonyl (C=O) groups is 4. The van der Waals surface area contributed by atoms with Crippen LogP contribution < -0.4 is 0 Å². The van der Waals surface area contributed by atoms with E-state index in [-0.39, 0.29) is 48.0 Å². The van der Waals surface area contributed by atoms with E-state index in [0.717, 1.165) is 11.1 Å². The summed E-state index contributed by atoms with van der Waals surface area (Å²) in [7, 11) is 5.42. The largest absolute Gasteiger partial charge is 0.468 e. The molecule has 0 unspecified atom stereocenters. The summed E-state index contributed by atoms with van der Waals surface area (Å²) in [6.07, 6.45) is 0.901. The Hall–Kier alpha value is -3.76. The van der Waals surface area contributed by atoms with Crippen LogP contribution in [0.5, 0.6) is 0 Å². The van der Waals surface area contributed by atoms with E-state index in [1.54, 1.807) is 0 Å². The summed E-state index contributed by atoms with van der Waals surface area (Å²) in [5.41, 5.74) is 2.09. The number of nitrogens with zero attached hydrogens (tertiary/aromatic N) is 2.